The zero-order valence-electron chi connectivity index (χ0n) is 11.3. The van der Waals surface area contributed by atoms with Crippen LogP contribution in [0.1, 0.15) is 11.1 Å². The first-order valence-electron chi connectivity index (χ1n) is 6.64. The summed E-state index contributed by atoms with van der Waals surface area (Å²) in [6, 6.07) is 13.4. The molecule has 2 aromatic rings. The fraction of sp³-hybridized carbons (Fsp3) is 0.375. The summed E-state index contributed by atoms with van der Waals surface area (Å²) in [7, 11) is 1.98. The summed E-state index contributed by atoms with van der Waals surface area (Å²) in [6.07, 6.45) is 1.09. The molecule has 0 bridgehead atoms. The van der Waals surface area contributed by atoms with Gasteiger partial charge in [0, 0.05) is 13.1 Å². The molecule has 2 aromatic carbocycles. The average molecular weight is 242 g/mol. The quantitative estimate of drug-likeness (QED) is 0.761. The molecule has 0 aliphatic carbocycles. The molecule has 0 saturated heterocycles. The molecule has 0 fully saturated rings. The number of likely N-dealkylation sites (N-methyl/N-ethyl adjacent to an activating group) is 1. The number of hydrogen-bond donors (Lipinski definition) is 2. The molecule has 18 heavy (non-hydrogen) atoms. The Balaban J connectivity index is 1.95. The van der Waals surface area contributed by atoms with Gasteiger partial charge in [-0.1, -0.05) is 42.0 Å². The van der Waals surface area contributed by atoms with Crippen LogP contribution in [0.2, 0.25) is 0 Å². The molecule has 0 atom stereocenters. The standard InChI is InChI=1S/C16H22N2/c1-13-3-5-16-12-14(4-6-15(16)11-13)7-8-18-10-9-17-2/h3-6,11-12,17-18H,7-10H2,1-2H3. The Morgan fingerprint density at radius 2 is 1.67 bits per heavy atom. The van der Waals surface area contributed by atoms with Crippen molar-refractivity contribution in [3.05, 3.63) is 47.5 Å². The lowest BCUT2D eigenvalue weighted by molar-refractivity contribution is 0.649. The van der Waals surface area contributed by atoms with Crippen LogP contribution in [0.25, 0.3) is 10.8 Å². The van der Waals surface area contributed by atoms with Crippen molar-refractivity contribution in [2.24, 2.45) is 0 Å². The molecule has 96 valence electrons. The minimum atomic E-state index is 1.02. The summed E-state index contributed by atoms with van der Waals surface area (Å²) in [5.41, 5.74) is 2.73. The molecule has 0 saturated carbocycles. The lowest BCUT2D eigenvalue weighted by atomic mass is 10.0. The largest absolute Gasteiger partial charge is 0.318 e. The zero-order chi connectivity index (χ0) is 12.8. The van der Waals surface area contributed by atoms with Gasteiger partial charge in [-0.2, -0.15) is 0 Å². The highest BCUT2D eigenvalue weighted by Gasteiger charge is 1.97. The van der Waals surface area contributed by atoms with Crippen molar-refractivity contribution < 1.29 is 0 Å². The molecule has 0 unspecified atom stereocenters. The van der Waals surface area contributed by atoms with Crippen LogP contribution >= 0.6 is 0 Å². The van der Waals surface area contributed by atoms with Crippen LogP contribution in [0.15, 0.2) is 36.4 Å². The number of fused-ring (bicyclic) bond motifs is 1. The highest BCUT2D eigenvalue weighted by atomic mass is 14.9. The maximum Gasteiger partial charge on any atom is 0.00767 e. The first kappa shape index (κ1) is 13.1. The summed E-state index contributed by atoms with van der Waals surface area (Å²) in [6.45, 7) is 5.23. The second-order valence-corrected chi connectivity index (χ2v) is 4.79. The van der Waals surface area contributed by atoms with Crippen LogP contribution < -0.4 is 10.6 Å². The number of rotatable bonds is 6. The Kier molecular flexibility index (Phi) is 4.73. The van der Waals surface area contributed by atoms with E-state index in [1.165, 1.54) is 21.9 Å². The van der Waals surface area contributed by atoms with E-state index in [0.717, 1.165) is 26.1 Å². The van der Waals surface area contributed by atoms with Gasteiger partial charge in [-0.15, -0.1) is 0 Å². The predicted molar refractivity (Wildman–Crippen MR) is 79.2 cm³/mol. The molecule has 0 heterocycles. The maximum absolute atomic E-state index is 3.43. The highest BCUT2D eigenvalue weighted by Crippen LogP contribution is 2.17. The van der Waals surface area contributed by atoms with E-state index >= 15 is 0 Å². The van der Waals surface area contributed by atoms with Crippen molar-refractivity contribution in [2.45, 2.75) is 13.3 Å². The van der Waals surface area contributed by atoms with E-state index in [0.29, 0.717) is 0 Å². The van der Waals surface area contributed by atoms with E-state index in [1.54, 1.807) is 0 Å². The van der Waals surface area contributed by atoms with E-state index in [9.17, 15) is 0 Å². The second kappa shape index (κ2) is 6.53. The average Bonchev–Trinajstić information content (AvgIpc) is 2.38. The zero-order valence-corrected chi connectivity index (χ0v) is 11.3. The molecule has 0 aliphatic rings. The first-order chi connectivity index (χ1) is 8.79. The van der Waals surface area contributed by atoms with E-state index in [2.05, 4.69) is 54.0 Å². The third-order valence-corrected chi connectivity index (χ3v) is 3.20. The van der Waals surface area contributed by atoms with Crippen molar-refractivity contribution in [1.82, 2.24) is 10.6 Å². The van der Waals surface area contributed by atoms with Crippen molar-refractivity contribution >= 4 is 10.8 Å². The topological polar surface area (TPSA) is 24.1 Å². The normalized spacial score (nSPS) is 11.0. The minimum absolute atomic E-state index is 1.02. The molecule has 0 spiro atoms. The third-order valence-electron chi connectivity index (χ3n) is 3.20. The summed E-state index contributed by atoms with van der Waals surface area (Å²) in [4.78, 5) is 0. The van der Waals surface area contributed by atoms with Crippen molar-refractivity contribution in [3.63, 3.8) is 0 Å². The molecule has 0 aliphatic heterocycles. The SMILES string of the molecule is CNCCNCCc1ccc2cc(C)ccc2c1. The second-order valence-electron chi connectivity index (χ2n) is 4.79. The van der Waals surface area contributed by atoms with Gasteiger partial charge in [-0.3, -0.25) is 0 Å². The van der Waals surface area contributed by atoms with Gasteiger partial charge in [0.2, 0.25) is 0 Å². The monoisotopic (exact) mass is 242 g/mol. The molecular weight excluding hydrogens is 220 g/mol. The summed E-state index contributed by atoms with van der Waals surface area (Å²) in [5, 5.41) is 9.24. The fourth-order valence-corrected chi connectivity index (χ4v) is 2.14. The maximum atomic E-state index is 3.43. The summed E-state index contributed by atoms with van der Waals surface area (Å²) >= 11 is 0. The molecular formula is C16H22N2. The van der Waals surface area contributed by atoms with Gasteiger partial charge in [-0.05, 0) is 43.3 Å². The lowest BCUT2D eigenvalue weighted by Crippen LogP contribution is -2.26. The van der Waals surface area contributed by atoms with Crippen LogP contribution in [0.3, 0.4) is 0 Å². The highest BCUT2D eigenvalue weighted by molar-refractivity contribution is 5.83. The molecule has 2 nitrogen and oxygen atoms in total. The minimum Gasteiger partial charge on any atom is -0.318 e. The van der Waals surface area contributed by atoms with Crippen LogP contribution in [-0.2, 0) is 6.42 Å². The van der Waals surface area contributed by atoms with Crippen LogP contribution in [-0.4, -0.2) is 26.7 Å². The molecule has 0 aromatic heterocycles. The smallest absolute Gasteiger partial charge is 0.00767 e. The Morgan fingerprint density at radius 1 is 0.889 bits per heavy atom. The van der Waals surface area contributed by atoms with Crippen LogP contribution in [0, 0.1) is 6.92 Å². The number of nitrogens with one attached hydrogen (secondary N) is 2. The molecule has 0 amide bonds. The van der Waals surface area contributed by atoms with Gasteiger partial charge in [0.05, 0.1) is 0 Å². The van der Waals surface area contributed by atoms with E-state index in [1.807, 2.05) is 7.05 Å². The van der Waals surface area contributed by atoms with E-state index in [-0.39, 0.29) is 0 Å². The summed E-state index contributed by atoms with van der Waals surface area (Å²) < 4.78 is 0. The Morgan fingerprint density at radius 3 is 2.50 bits per heavy atom. The van der Waals surface area contributed by atoms with Gasteiger partial charge in [0.25, 0.3) is 0 Å². The van der Waals surface area contributed by atoms with Gasteiger partial charge < -0.3 is 10.6 Å². The molecule has 0 radical (unpaired) electrons. The van der Waals surface area contributed by atoms with Gasteiger partial charge in [-0.25, -0.2) is 0 Å². The van der Waals surface area contributed by atoms with Gasteiger partial charge in [0.15, 0.2) is 0 Å². The Hall–Kier alpha value is -1.38. The van der Waals surface area contributed by atoms with Crippen LogP contribution in [0.5, 0.6) is 0 Å². The van der Waals surface area contributed by atoms with Crippen molar-refractivity contribution in [1.29, 1.82) is 0 Å². The van der Waals surface area contributed by atoms with Crippen molar-refractivity contribution in [3.8, 4) is 0 Å². The lowest BCUT2D eigenvalue weighted by Gasteiger charge is -2.06. The van der Waals surface area contributed by atoms with E-state index in [4.69, 9.17) is 0 Å². The molecule has 2 heteroatoms. The third kappa shape index (κ3) is 3.56. The predicted octanol–water partition coefficient (Wildman–Crippen LogP) is 2.50. The fourth-order valence-electron chi connectivity index (χ4n) is 2.14. The first-order valence-corrected chi connectivity index (χ1v) is 6.64. The van der Waals surface area contributed by atoms with Crippen molar-refractivity contribution in [2.75, 3.05) is 26.7 Å². The summed E-state index contributed by atoms with van der Waals surface area (Å²) in [5.74, 6) is 0. The number of benzene rings is 2. The molecule has 2 N–H and O–H groups in total. The Bertz CT molecular complexity index is 505. The number of aryl methyl sites for hydroxylation is 1. The van der Waals surface area contributed by atoms with Gasteiger partial charge >= 0.3 is 0 Å². The molecule has 2 rings (SSSR count). The van der Waals surface area contributed by atoms with Gasteiger partial charge in [0.1, 0.15) is 0 Å². The number of hydrogen-bond acceptors (Lipinski definition) is 2. The van der Waals surface area contributed by atoms with Crippen LogP contribution in [0.4, 0.5) is 0 Å². The Labute approximate surface area is 109 Å². The van der Waals surface area contributed by atoms with E-state index < -0.39 is 0 Å².